The van der Waals surface area contributed by atoms with Crippen LogP contribution in [0.15, 0.2) is 71.6 Å². The highest BCUT2D eigenvalue weighted by molar-refractivity contribution is 7.90. The summed E-state index contributed by atoms with van der Waals surface area (Å²) < 4.78 is 52.6. The number of nitrogens with one attached hydrogen (secondary N) is 1. The lowest BCUT2D eigenvalue weighted by molar-refractivity contribution is 0.584. The molecule has 0 aliphatic heterocycles. The van der Waals surface area contributed by atoms with E-state index in [1.165, 1.54) is 12.1 Å². The molecule has 0 saturated carbocycles. The minimum atomic E-state index is -3.45. The number of benzene rings is 3. The minimum Gasteiger partial charge on any atom is -0.369 e. The van der Waals surface area contributed by atoms with Crippen LogP contribution in [-0.2, 0) is 9.84 Å². The van der Waals surface area contributed by atoms with Gasteiger partial charge in [0.05, 0.1) is 22.6 Å². The Kier molecular flexibility index (Phi) is 5.43. The number of hydrogen-bond donors (Lipinski definition) is 1. The van der Waals surface area contributed by atoms with E-state index in [2.05, 4.69) is 5.32 Å². The van der Waals surface area contributed by atoms with Crippen molar-refractivity contribution in [2.24, 2.45) is 0 Å². The maximum absolute atomic E-state index is 14.4. The number of sulfone groups is 1. The Morgan fingerprint density at radius 3 is 2.11 bits per heavy atom. The largest absolute Gasteiger partial charge is 0.369 e. The Morgan fingerprint density at radius 2 is 1.54 bits per heavy atom. The summed E-state index contributed by atoms with van der Waals surface area (Å²) in [5, 5.41) is 11.7. The number of hydrogen-bond acceptors (Lipinski definition) is 4. The third kappa shape index (κ3) is 4.18. The van der Waals surface area contributed by atoms with Crippen LogP contribution >= 0.6 is 0 Å². The quantitative estimate of drug-likeness (QED) is 0.690. The first-order valence-electron chi connectivity index (χ1n) is 8.30. The summed E-state index contributed by atoms with van der Waals surface area (Å²) in [6.45, 7) is 0. The van der Waals surface area contributed by atoms with E-state index in [1.54, 1.807) is 48.5 Å². The van der Waals surface area contributed by atoms with Crippen molar-refractivity contribution in [3.63, 3.8) is 0 Å². The van der Waals surface area contributed by atoms with Crippen molar-refractivity contribution < 1.29 is 17.2 Å². The lowest BCUT2D eigenvalue weighted by atomic mass is 9.98. The monoisotopic (exact) mass is 398 g/mol. The van der Waals surface area contributed by atoms with E-state index in [0.29, 0.717) is 11.1 Å². The molecule has 0 saturated heterocycles. The first-order chi connectivity index (χ1) is 13.3. The second-order valence-corrected chi connectivity index (χ2v) is 8.28. The Hall–Kier alpha value is -3.24. The molecule has 7 heteroatoms. The highest BCUT2D eigenvalue weighted by atomic mass is 32.2. The molecule has 142 valence electrons. The van der Waals surface area contributed by atoms with Gasteiger partial charge in [-0.05, 0) is 35.4 Å². The molecule has 1 unspecified atom stereocenters. The molecule has 3 aromatic carbocycles. The third-order valence-corrected chi connectivity index (χ3v) is 5.32. The summed E-state index contributed by atoms with van der Waals surface area (Å²) in [7, 11) is -3.45. The van der Waals surface area contributed by atoms with Gasteiger partial charge < -0.3 is 5.32 Å². The van der Waals surface area contributed by atoms with E-state index < -0.39 is 33.2 Å². The molecule has 0 bridgehead atoms. The molecule has 3 aromatic rings. The van der Waals surface area contributed by atoms with Crippen molar-refractivity contribution in [3.8, 4) is 6.07 Å². The zero-order valence-electron chi connectivity index (χ0n) is 14.9. The second kappa shape index (κ2) is 7.79. The van der Waals surface area contributed by atoms with E-state index in [9.17, 15) is 17.2 Å². The lowest BCUT2D eigenvalue weighted by Gasteiger charge is -2.22. The van der Waals surface area contributed by atoms with E-state index in [1.807, 2.05) is 0 Å². The molecule has 0 fully saturated rings. The molecular weight excluding hydrogens is 382 g/mol. The molecule has 0 radical (unpaired) electrons. The van der Waals surface area contributed by atoms with Gasteiger partial charge in [0.25, 0.3) is 0 Å². The van der Waals surface area contributed by atoms with Crippen LogP contribution in [0.25, 0.3) is 0 Å². The first kappa shape index (κ1) is 19.5. The van der Waals surface area contributed by atoms with Gasteiger partial charge in [-0.2, -0.15) is 5.26 Å². The second-order valence-electron chi connectivity index (χ2n) is 6.26. The molecule has 1 atom stereocenters. The van der Waals surface area contributed by atoms with Crippen LogP contribution in [0.1, 0.15) is 22.7 Å². The summed E-state index contributed by atoms with van der Waals surface area (Å²) in [5.74, 6) is -1.81. The lowest BCUT2D eigenvalue weighted by Crippen LogP contribution is -2.15. The highest BCUT2D eigenvalue weighted by Gasteiger charge is 2.20. The fourth-order valence-electron chi connectivity index (χ4n) is 2.85. The van der Waals surface area contributed by atoms with Gasteiger partial charge in [0, 0.05) is 6.26 Å². The van der Waals surface area contributed by atoms with Crippen molar-refractivity contribution in [1.82, 2.24) is 0 Å². The number of nitriles is 1. The zero-order chi connectivity index (χ0) is 20.3. The Bertz CT molecular complexity index is 1130. The predicted molar refractivity (Wildman–Crippen MR) is 103 cm³/mol. The van der Waals surface area contributed by atoms with Crippen LogP contribution in [0.5, 0.6) is 0 Å². The summed E-state index contributed by atoms with van der Waals surface area (Å²) >= 11 is 0. The van der Waals surface area contributed by atoms with Crippen molar-refractivity contribution in [1.29, 1.82) is 5.26 Å². The summed E-state index contributed by atoms with van der Waals surface area (Å²) in [6.07, 6.45) is 1.09. The molecule has 3 rings (SSSR count). The van der Waals surface area contributed by atoms with Crippen molar-refractivity contribution >= 4 is 15.5 Å². The SMILES string of the molecule is CS(=O)(=O)c1cccc(C(Nc2c(F)cc(C#N)cc2F)c2ccccc2)c1. The van der Waals surface area contributed by atoms with Gasteiger partial charge in [0.15, 0.2) is 21.5 Å². The zero-order valence-corrected chi connectivity index (χ0v) is 15.7. The average molecular weight is 398 g/mol. The number of nitrogens with zero attached hydrogens (tertiary/aromatic N) is 1. The standard InChI is InChI=1S/C21H16F2N2O2S/c1-28(26,27)17-9-5-8-16(12-17)20(15-6-3-2-4-7-15)25-21-18(22)10-14(13-24)11-19(21)23/h2-12,20,25H,1H3. The highest BCUT2D eigenvalue weighted by Crippen LogP contribution is 2.31. The van der Waals surface area contributed by atoms with Crippen LogP contribution in [0.3, 0.4) is 0 Å². The average Bonchev–Trinajstić information content (AvgIpc) is 2.67. The van der Waals surface area contributed by atoms with Crippen molar-refractivity contribution in [2.75, 3.05) is 11.6 Å². The third-order valence-electron chi connectivity index (χ3n) is 4.21. The van der Waals surface area contributed by atoms with Gasteiger partial charge >= 0.3 is 0 Å². The molecular formula is C21H16F2N2O2S. The Balaban J connectivity index is 2.12. The van der Waals surface area contributed by atoms with E-state index >= 15 is 0 Å². The summed E-state index contributed by atoms with van der Waals surface area (Å²) in [6, 6.07) is 18.0. The van der Waals surface area contributed by atoms with Gasteiger partial charge in [-0.3, -0.25) is 0 Å². The molecule has 0 amide bonds. The molecule has 0 spiro atoms. The van der Waals surface area contributed by atoms with E-state index in [-0.39, 0.29) is 10.5 Å². The van der Waals surface area contributed by atoms with Crippen LogP contribution < -0.4 is 5.32 Å². The Morgan fingerprint density at radius 1 is 0.929 bits per heavy atom. The number of anilines is 1. The molecule has 4 nitrogen and oxygen atoms in total. The van der Waals surface area contributed by atoms with Crippen LogP contribution in [0.2, 0.25) is 0 Å². The van der Waals surface area contributed by atoms with Crippen molar-refractivity contribution in [2.45, 2.75) is 10.9 Å². The smallest absolute Gasteiger partial charge is 0.175 e. The van der Waals surface area contributed by atoms with Gasteiger partial charge in [-0.25, -0.2) is 17.2 Å². The maximum Gasteiger partial charge on any atom is 0.175 e. The molecule has 0 aliphatic rings. The van der Waals surface area contributed by atoms with Gasteiger partial charge in [-0.1, -0.05) is 42.5 Å². The van der Waals surface area contributed by atoms with Crippen LogP contribution in [-0.4, -0.2) is 14.7 Å². The van der Waals surface area contributed by atoms with E-state index in [4.69, 9.17) is 5.26 Å². The van der Waals surface area contributed by atoms with Gasteiger partial charge in [-0.15, -0.1) is 0 Å². The predicted octanol–water partition coefficient (Wildman–Crippen LogP) is 4.44. The molecule has 0 aliphatic carbocycles. The Labute approximate surface area is 162 Å². The van der Waals surface area contributed by atoms with Gasteiger partial charge in [0.1, 0.15) is 5.69 Å². The number of halogens is 2. The van der Waals surface area contributed by atoms with E-state index in [0.717, 1.165) is 18.4 Å². The minimum absolute atomic E-state index is 0.105. The molecule has 0 aromatic heterocycles. The van der Waals surface area contributed by atoms with Crippen LogP contribution in [0.4, 0.5) is 14.5 Å². The molecule has 28 heavy (non-hydrogen) atoms. The molecule has 1 N–H and O–H groups in total. The normalized spacial score (nSPS) is 12.2. The molecule has 0 heterocycles. The van der Waals surface area contributed by atoms with Gasteiger partial charge in [0.2, 0.25) is 0 Å². The summed E-state index contributed by atoms with van der Waals surface area (Å²) in [5.41, 5.74) is 0.696. The topological polar surface area (TPSA) is 70.0 Å². The fourth-order valence-corrected chi connectivity index (χ4v) is 3.53. The van der Waals surface area contributed by atoms with Crippen LogP contribution in [0, 0.1) is 23.0 Å². The fraction of sp³-hybridized carbons (Fsp3) is 0.0952. The van der Waals surface area contributed by atoms with Crippen molar-refractivity contribution in [3.05, 3.63) is 95.1 Å². The first-order valence-corrected chi connectivity index (χ1v) is 10.2. The summed E-state index contributed by atoms with van der Waals surface area (Å²) in [4.78, 5) is 0.105. The maximum atomic E-state index is 14.4. The number of rotatable bonds is 5.